The van der Waals surface area contributed by atoms with E-state index in [4.69, 9.17) is 4.74 Å². The fourth-order valence-electron chi connectivity index (χ4n) is 2.01. The van der Waals surface area contributed by atoms with Gasteiger partial charge in [0.05, 0.1) is 12.6 Å². The molecule has 92 valence electrons. The van der Waals surface area contributed by atoms with E-state index in [9.17, 15) is 4.79 Å². The van der Waals surface area contributed by atoms with Gasteiger partial charge in [0.1, 0.15) is 5.75 Å². The lowest BCUT2D eigenvalue weighted by molar-refractivity contribution is -0.124. The van der Waals surface area contributed by atoms with E-state index in [0.717, 1.165) is 30.8 Å². The lowest BCUT2D eigenvalue weighted by atomic mass is 10.0. The predicted octanol–water partition coefficient (Wildman–Crippen LogP) is 2.67. The number of amides is 1. The Balaban J connectivity index is 2.20. The molecule has 1 heterocycles. The number of hydrogen-bond acceptors (Lipinski definition) is 2. The SMILES string of the molecule is CC(C)C(=O)N[C@@H]1CCCOc2ccccc21. The molecule has 0 saturated heterocycles. The van der Waals surface area contributed by atoms with Gasteiger partial charge < -0.3 is 10.1 Å². The van der Waals surface area contributed by atoms with Gasteiger partial charge in [-0.05, 0) is 18.9 Å². The van der Waals surface area contributed by atoms with Crippen molar-refractivity contribution in [2.75, 3.05) is 6.61 Å². The first kappa shape index (κ1) is 12.0. The highest BCUT2D eigenvalue weighted by molar-refractivity contribution is 5.78. The summed E-state index contributed by atoms with van der Waals surface area (Å²) in [6, 6.07) is 8.04. The molecule has 1 N–H and O–H groups in total. The van der Waals surface area contributed by atoms with Crippen molar-refractivity contribution >= 4 is 5.91 Å². The van der Waals surface area contributed by atoms with E-state index in [0.29, 0.717) is 0 Å². The van der Waals surface area contributed by atoms with E-state index in [2.05, 4.69) is 5.32 Å². The molecule has 0 saturated carbocycles. The number of hydrogen-bond donors (Lipinski definition) is 1. The molecule has 3 heteroatoms. The zero-order valence-corrected chi connectivity index (χ0v) is 10.4. The summed E-state index contributed by atoms with van der Waals surface area (Å²) >= 11 is 0. The minimum Gasteiger partial charge on any atom is -0.493 e. The second-order valence-electron chi connectivity index (χ2n) is 4.74. The van der Waals surface area contributed by atoms with Crippen LogP contribution >= 0.6 is 0 Å². The molecule has 0 aliphatic carbocycles. The molecule has 1 aromatic carbocycles. The van der Waals surface area contributed by atoms with Crippen LogP contribution in [0.25, 0.3) is 0 Å². The first-order valence-corrected chi connectivity index (χ1v) is 6.20. The molecule has 2 rings (SSSR count). The summed E-state index contributed by atoms with van der Waals surface area (Å²) < 4.78 is 5.67. The van der Waals surface area contributed by atoms with Crippen molar-refractivity contribution in [1.82, 2.24) is 5.32 Å². The largest absolute Gasteiger partial charge is 0.493 e. The maximum Gasteiger partial charge on any atom is 0.223 e. The van der Waals surface area contributed by atoms with Crippen molar-refractivity contribution in [2.24, 2.45) is 5.92 Å². The quantitative estimate of drug-likeness (QED) is 0.852. The number of fused-ring (bicyclic) bond motifs is 1. The smallest absolute Gasteiger partial charge is 0.223 e. The van der Waals surface area contributed by atoms with Crippen LogP contribution in [-0.2, 0) is 4.79 Å². The third-order valence-corrected chi connectivity index (χ3v) is 3.03. The molecule has 1 aliphatic rings. The second kappa shape index (κ2) is 5.21. The van der Waals surface area contributed by atoms with Gasteiger partial charge in [-0.2, -0.15) is 0 Å². The van der Waals surface area contributed by atoms with Crippen molar-refractivity contribution in [3.05, 3.63) is 29.8 Å². The number of para-hydroxylation sites is 1. The van der Waals surface area contributed by atoms with Crippen LogP contribution in [0.4, 0.5) is 0 Å². The summed E-state index contributed by atoms with van der Waals surface area (Å²) in [7, 11) is 0. The van der Waals surface area contributed by atoms with Gasteiger partial charge in [0.15, 0.2) is 0 Å². The van der Waals surface area contributed by atoms with Crippen molar-refractivity contribution < 1.29 is 9.53 Å². The summed E-state index contributed by atoms with van der Waals surface area (Å²) in [4.78, 5) is 11.8. The van der Waals surface area contributed by atoms with Crippen LogP contribution in [0.2, 0.25) is 0 Å². The van der Waals surface area contributed by atoms with E-state index in [1.54, 1.807) is 0 Å². The fraction of sp³-hybridized carbons (Fsp3) is 0.500. The molecular formula is C14H19NO2. The molecule has 0 bridgehead atoms. The van der Waals surface area contributed by atoms with Crippen LogP contribution in [0.5, 0.6) is 5.75 Å². The van der Waals surface area contributed by atoms with Crippen molar-refractivity contribution in [3.8, 4) is 5.75 Å². The zero-order chi connectivity index (χ0) is 12.3. The summed E-state index contributed by atoms with van der Waals surface area (Å²) in [6.45, 7) is 4.55. The van der Waals surface area contributed by atoms with Gasteiger partial charge in [-0.1, -0.05) is 32.0 Å². The summed E-state index contributed by atoms with van der Waals surface area (Å²) in [5.74, 6) is 1.03. The van der Waals surface area contributed by atoms with Gasteiger partial charge in [0.2, 0.25) is 5.91 Å². The molecule has 1 aromatic rings. The maximum atomic E-state index is 11.8. The van der Waals surface area contributed by atoms with Gasteiger partial charge in [0.25, 0.3) is 0 Å². The predicted molar refractivity (Wildman–Crippen MR) is 66.9 cm³/mol. The summed E-state index contributed by atoms with van der Waals surface area (Å²) in [6.07, 6.45) is 1.91. The van der Waals surface area contributed by atoms with Crippen LogP contribution in [0.15, 0.2) is 24.3 Å². The highest BCUT2D eigenvalue weighted by Gasteiger charge is 2.21. The van der Waals surface area contributed by atoms with Crippen LogP contribution in [0.3, 0.4) is 0 Å². The Morgan fingerprint density at radius 2 is 2.18 bits per heavy atom. The normalized spacial score (nSPS) is 19.1. The molecule has 1 atom stereocenters. The minimum absolute atomic E-state index is 0.0198. The Kier molecular flexibility index (Phi) is 3.67. The summed E-state index contributed by atoms with van der Waals surface area (Å²) in [5, 5.41) is 3.10. The molecule has 0 unspecified atom stereocenters. The Labute approximate surface area is 102 Å². The van der Waals surface area contributed by atoms with Gasteiger partial charge in [0, 0.05) is 11.5 Å². The topological polar surface area (TPSA) is 38.3 Å². The van der Waals surface area contributed by atoms with Crippen LogP contribution < -0.4 is 10.1 Å². The Morgan fingerprint density at radius 1 is 1.41 bits per heavy atom. The van der Waals surface area contributed by atoms with Crippen LogP contribution in [0, 0.1) is 5.92 Å². The number of rotatable bonds is 2. The average Bonchev–Trinajstić information content (AvgIpc) is 2.52. The monoisotopic (exact) mass is 233 g/mol. The lowest BCUT2D eigenvalue weighted by Crippen LogP contribution is -2.31. The van der Waals surface area contributed by atoms with Crippen molar-refractivity contribution in [2.45, 2.75) is 32.7 Å². The molecule has 1 amide bonds. The van der Waals surface area contributed by atoms with E-state index >= 15 is 0 Å². The molecule has 0 aromatic heterocycles. The molecule has 0 spiro atoms. The van der Waals surface area contributed by atoms with Gasteiger partial charge in [-0.15, -0.1) is 0 Å². The third-order valence-electron chi connectivity index (χ3n) is 3.03. The third kappa shape index (κ3) is 2.78. The van der Waals surface area contributed by atoms with Crippen LogP contribution in [-0.4, -0.2) is 12.5 Å². The Hall–Kier alpha value is -1.51. The van der Waals surface area contributed by atoms with Crippen molar-refractivity contribution in [3.63, 3.8) is 0 Å². The highest BCUT2D eigenvalue weighted by Crippen LogP contribution is 2.31. The first-order chi connectivity index (χ1) is 8.18. The van der Waals surface area contributed by atoms with Gasteiger partial charge in [-0.25, -0.2) is 0 Å². The number of carbonyl (C=O) groups excluding carboxylic acids is 1. The Bertz CT molecular complexity index is 401. The molecule has 0 fully saturated rings. The first-order valence-electron chi connectivity index (χ1n) is 6.20. The minimum atomic E-state index is 0.0198. The molecule has 3 nitrogen and oxygen atoms in total. The Morgan fingerprint density at radius 3 is 2.94 bits per heavy atom. The lowest BCUT2D eigenvalue weighted by Gasteiger charge is -2.19. The summed E-state index contributed by atoms with van der Waals surface area (Å²) in [5.41, 5.74) is 1.10. The van der Waals surface area contributed by atoms with E-state index in [1.807, 2.05) is 38.1 Å². The highest BCUT2D eigenvalue weighted by atomic mass is 16.5. The average molecular weight is 233 g/mol. The number of ether oxygens (including phenoxy) is 1. The molecule has 1 aliphatic heterocycles. The molecular weight excluding hydrogens is 214 g/mol. The van der Waals surface area contributed by atoms with Crippen molar-refractivity contribution in [1.29, 1.82) is 0 Å². The standard InChI is InChI=1S/C14H19NO2/c1-10(2)14(16)15-12-7-5-9-17-13-8-4-3-6-11(12)13/h3-4,6,8,10,12H,5,7,9H2,1-2H3,(H,15,16)/t12-/m1/s1. The van der Waals surface area contributed by atoms with Crippen LogP contribution in [0.1, 0.15) is 38.3 Å². The maximum absolute atomic E-state index is 11.8. The number of carbonyl (C=O) groups is 1. The van der Waals surface area contributed by atoms with E-state index < -0.39 is 0 Å². The number of benzene rings is 1. The van der Waals surface area contributed by atoms with E-state index in [1.165, 1.54) is 0 Å². The zero-order valence-electron chi connectivity index (χ0n) is 10.4. The van der Waals surface area contributed by atoms with E-state index in [-0.39, 0.29) is 17.9 Å². The van der Waals surface area contributed by atoms with Gasteiger partial charge in [-0.3, -0.25) is 4.79 Å². The second-order valence-corrected chi connectivity index (χ2v) is 4.74. The molecule has 0 radical (unpaired) electrons. The van der Waals surface area contributed by atoms with Gasteiger partial charge >= 0.3 is 0 Å². The molecule has 17 heavy (non-hydrogen) atoms. The fourth-order valence-corrected chi connectivity index (χ4v) is 2.01. The number of nitrogens with one attached hydrogen (secondary N) is 1.